The second-order valence-corrected chi connectivity index (χ2v) is 7.17. The number of carbonyl (C=O) groups is 1. The van der Waals surface area contributed by atoms with Gasteiger partial charge in [-0.3, -0.25) is 9.69 Å². The average molecular weight is 368 g/mol. The monoisotopic (exact) mass is 368 g/mol. The number of carbonyl (C=O) groups excluding carboxylic acids is 1. The number of nitrogens with zero attached hydrogens (tertiary/aromatic N) is 1. The topological polar surface area (TPSA) is 32.3 Å². The van der Waals surface area contributed by atoms with Crippen molar-refractivity contribution in [3.8, 4) is 0 Å². The van der Waals surface area contributed by atoms with Gasteiger partial charge in [-0.05, 0) is 30.1 Å². The number of amides is 1. The lowest BCUT2D eigenvalue weighted by Gasteiger charge is -2.21. The van der Waals surface area contributed by atoms with Gasteiger partial charge in [0.15, 0.2) is 0 Å². The van der Waals surface area contributed by atoms with Crippen molar-refractivity contribution in [3.63, 3.8) is 0 Å². The number of hydrogen-bond donors (Lipinski definition) is 1. The Labute approximate surface area is 157 Å². The summed E-state index contributed by atoms with van der Waals surface area (Å²) in [6.07, 6.45) is 0. The summed E-state index contributed by atoms with van der Waals surface area (Å²) in [5.74, 6) is -0.341. The van der Waals surface area contributed by atoms with Crippen LogP contribution in [0.15, 0.2) is 72.1 Å². The Morgan fingerprint density at radius 1 is 1.08 bits per heavy atom. The Balaban J connectivity index is 1.66. The van der Waals surface area contributed by atoms with Gasteiger partial charge in [-0.1, -0.05) is 54.6 Å². The van der Waals surface area contributed by atoms with Crippen LogP contribution in [-0.4, -0.2) is 24.4 Å². The first-order chi connectivity index (χ1) is 12.6. The molecular formula is C21H21FN2OS. The molecule has 0 fully saturated rings. The lowest BCUT2D eigenvalue weighted by atomic mass is 10.1. The molecule has 0 radical (unpaired) electrons. The summed E-state index contributed by atoms with van der Waals surface area (Å²) >= 11 is 1.61. The van der Waals surface area contributed by atoms with Crippen LogP contribution >= 0.6 is 11.3 Å². The molecule has 0 aliphatic carbocycles. The molecule has 0 aliphatic heterocycles. The van der Waals surface area contributed by atoms with Gasteiger partial charge in [-0.15, -0.1) is 11.3 Å². The van der Waals surface area contributed by atoms with Crippen molar-refractivity contribution in [2.45, 2.75) is 12.6 Å². The van der Waals surface area contributed by atoms with Gasteiger partial charge in [0.2, 0.25) is 5.91 Å². The molecule has 0 saturated carbocycles. The second kappa shape index (κ2) is 8.74. The van der Waals surface area contributed by atoms with Crippen LogP contribution in [0.5, 0.6) is 0 Å². The summed E-state index contributed by atoms with van der Waals surface area (Å²) in [6.45, 7) is 0.581. The Kier molecular flexibility index (Phi) is 6.15. The highest BCUT2D eigenvalue weighted by atomic mass is 32.1. The van der Waals surface area contributed by atoms with E-state index in [1.54, 1.807) is 29.5 Å². The van der Waals surface area contributed by atoms with Crippen LogP contribution < -0.4 is 5.32 Å². The molecule has 1 amide bonds. The molecule has 0 saturated heterocycles. The first-order valence-electron chi connectivity index (χ1n) is 8.43. The summed E-state index contributed by atoms with van der Waals surface area (Å²) in [7, 11) is 1.81. The zero-order valence-electron chi connectivity index (χ0n) is 14.6. The molecule has 26 heavy (non-hydrogen) atoms. The van der Waals surface area contributed by atoms with E-state index >= 15 is 0 Å². The van der Waals surface area contributed by atoms with E-state index < -0.39 is 0 Å². The third-order valence-electron chi connectivity index (χ3n) is 4.08. The third kappa shape index (κ3) is 4.77. The minimum absolute atomic E-state index is 0.0916. The molecular weight excluding hydrogens is 347 g/mol. The van der Waals surface area contributed by atoms with E-state index in [0.717, 1.165) is 10.4 Å². The van der Waals surface area contributed by atoms with Gasteiger partial charge in [0.1, 0.15) is 5.82 Å². The fourth-order valence-electron chi connectivity index (χ4n) is 2.84. The Hall–Kier alpha value is -2.50. The van der Waals surface area contributed by atoms with E-state index in [4.69, 9.17) is 0 Å². The zero-order valence-corrected chi connectivity index (χ0v) is 15.4. The SMILES string of the molecule is CN(CC(=O)N[C@@H](c1ccccc1)c1cccs1)Cc1ccccc1F. The molecule has 0 aliphatic rings. The smallest absolute Gasteiger partial charge is 0.234 e. The first-order valence-corrected chi connectivity index (χ1v) is 9.31. The highest BCUT2D eigenvalue weighted by molar-refractivity contribution is 7.10. The minimum atomic E-state index is -0.250. The van der Waals surface area contributed by atoms with Crippen molar-refractivity contribution in [1.82, 2.24) is 10.2 Å². The molecule has 1 atom stereocenters. The summed E-state index contributed by atoms with van der Waals surface area (Å²) in [6, 6.07) is 20.4. The van der Waals surface area contributed by atoms with Gasteiger partial charge < -0.3 is 5.32 Å². The fourth-order valence-corrected chi connectivity index (χ4v) is 3.65. The molecule has 3 nitrogen and oxygen atoms in total. The van der Waals surface area contributed by atoms with E-state index in [9.17, 15) is 9.18 Å². The predicted octanol–water partition coefficient (Wildman–Crippen LogP) is 4.22. The standard InChI is InChI=1S/C21H21FN2OS/c1-24(14-17-10-5-6-11-18(17)22)15-20(25)23-21(19-12-7-13-26-19)16-8-3-2-4-9-16/h2-13,21H,14-15H2,1H3,(H,23,25)/t21-/m0/s1. The van der Waals surface area contributed by atoms with Gasteiger partial charge >= 0.3 is 0 Å². The number of nitrogens with one attached hydrogen (secondary N) is 1. The largest absolute Gasteiger partial charge is 0.343 e. The number of hydrogen-bond acceptors (Lipinski definition) is 3. The molecule has 3 aromatic rings. The van der Waals surface area contributed by atoms with Crippen LogP contribution in [-0.2, 0) is 11.3 Å². The molecule has 3 rings (SSSR count). The maximum absolute atomic E-state index is 13.8. The molecule has 5 heteroatoms. The predicted molar refractivity (Wildman–Crippen MR) is 103 cm³/mol. The molecule has 2 aromatic carbocycles. The van der Waals surface area contributed by atoms with Crippen LogP contribution in [0.3, 0.4) is 0 Å². The summed E-state index contributed by atoms with van der Waals surface area (Å²) in [4.78, 5) is 15.5. The molecule has 0 unspecified atom stereocenters. The summed E-state index contributed by atoms with van der Waals surface area (Å²) in [5, 5.41) is 5.10. The van der Waals surface area contributed by atoms with E-state index in [0.29, 0.717) is 12.1 Å². The molecule has 1 heterocycles. The number of benzene rings is 2. The Bertz CT molecular complexity index is 836. The first kappa shape index (κ1) is 18.3. The molecule has 1 aromatic heterocycles. The summed E-state index contributed by atoms with van der Waals surface area (Å²) < 4.78 is 13.8. The van der Waals surface area contributed by atoms with Gasteiger partial charge in [-0.25, -0.2) is 4.39 Å². The Morgan fingerprint density at radius 2 is 1.81 bits per heavy atom. The van der Waals surface area contributed by atoms with Crippen molar-refractivity contribution in [2.24, 2.45) is 0 Å². The highest BCUT2D eigenvalue weighted by Crippen LogP contribution is 2.25. The number of thiophene rings is 1. The van der Waals surface area contributed by atoms with E-state index in [-0.39, 0.29) is 24.3 Å². The van der Waals surface area contributed by atoms with E-state index in [1.807, 2.05) is 59.8 Å². The quantitative estimate of drug-likeness (QED) is 0.677. The van der Waals surface area contributed by atoms with E-state index in [2.05, 4.69) is 5.32 Å². The van der Waals surface area contributed by atoms with Gasteiger partial charge in [0.05, 0.1) is 12.6 Å². The van der Waals surface area contributed by atoms with Crippen LogP contribution in [0.2, 0.25) is 0 Å². The molecule has 134 valence electrons. The van der Waals surface area contributed by atoms with Crippen LogP contribution in [0, 0.1) is 5.82 Å². The van der Waals surface area contributed by atoms with Gasteiger partial charge in [0.25, 0.3) is 0 Å². The molecule has 1 N–H and O–H groups in total. The van der Waals surface area contributed by atoms with Crippen molar-refractivity contribution >= 4 is 17.2 Å². The average Bonchev–Trinajstić information content (AvgIpc) is 3.17. The maximum atomic E-state index is 13.8. The zero-order chi connectivity index (χ0) is 18.4. The van der Waals surface area contributed by atoms with E-state index in [1.165, 1.54) is 6.07 Å². The normalized spacial score (nSPS) is 12.1. The van der Waals surface area contributed by atoms with Gasteiger partial charge in [0, 0.05) is 17.0 Å². The fraction of sp³-hybridized carbons (Fsp3) is 0.190. The van der Waals surface area contributed by atoms with Crippen molar-refractivity contribution < 1.29 is 9.18 Å². The number of halogens is 1. The van der Waals surface area contributed by atoms with Gasteiger partial charge in [-0.2, -0.15) is 0 Å². The van der Waals surface area contributed by atoms with Crippen LogP contribution in [0.25, 0.3) is 0 Å². The van der Waals surface area contributed by atoms with Crippen LogP contribution in [0.1, 0.15) is 22.0 Å². The molecule has 0 spiro atoms. The minimum Gasteiger partial charge on any atom is -0.343 e. The molecule has 0 bridgehead atoms. The van der Waals surface area contributed by atoms with Crippen molar-refractivity contribution in [1.29, 1.82) is 0 Å². The lowest BCUT2D eigenvalue weighted by molar-refractivity contribution is -0.122. The second-order valence-electron chi connectivity index (χ2n) is 6.19. The third-order valence-corrected chi connectivity index (χ3v) is 5.01. The lowest BCUT2D eigenvalue weighted by Crippen LogP contribution is -2.37. The Morgan fingerprint density at radius 3 is 2.50 bits per heavy atom. The summed E-state index contributed by atoms with van der Waals surface area (Å²) in [5.41, 5.74) is 1.63. The number of likely N-dealkylation sites (N-methyl/N-ethyl adjacent to an activating group) is 1. The van der Waals surface area contributed by atoms with Crippen molar-refractivity contribution in [3.05, 3.63) is 93.9 Å². The van der Waals surface area contributed by atoms with Crippen molar-refractivity contribution in [2.75, 3.05) is 13.6 Å². The van der Waals surface area contributed by atoms with Crippen LogP contribution in [0.4, 0.5) is 4.39 Å². The number of rotatable bonds is 7. The maximum Gasteiger partial charge on any atom is 0.234 e. The highest BCUT2D eigenvalue weighted by Gasteiger charge is 2.18.